The molecule has 0 amide bonds. The van der Waals surface area contributed by atoms with Crippen LogP contribution in [0.4, 0.5) is 13.2 Å². The number of rotatable bonds is 5. The highest BCUT2D eigenvalue weighted by molar-refractivity contribution is 5.71. The molecule has 0 saturated carbocycles. The number of carboxylic acids is 1. The molecule has 0 unspecified atom stereocenters. The van der Waals surface area contributed by atoms with Gasteiger partial charge < -0.3 is 9.84 Å². The molecule has 3 nitrogen and oxygen atoms in total. The summed E-state index contributed by atoms with van der Waals surface area (Å²) in [5.41, 5.74) is 0. The van der Waals surface area contributed by atoms with E-state index in [1.165, 1.54) is 6.92 Å². The van der Waals surface area contributed by atoms with Gasteiger partial charge in [-0.05, 0) is 13.3 Å². The second kappa shape index (κ2) is 5.06. The maximum atomic E-state index is 11.6. The smallest absolute Gasteiger partial charge is 0.389 e. The van der Waals surface area contributed by atoms with Gasteiger partial charge in [-0.15, -0.1) is 0 Å². The van der Waals surface area contributed by atoms with Crippen LogP contribution in [0, 0.1) is 0 Å². The van der Waals surface area contributed by atoms with Gasteiger partial charge in [0.25, 0.3) is 0 Å². The molecule has 0 aliphatic rings. The average Bonchev–Trinajstić information content (AvgIpc) is 1.95. The van der Waals surface area contributed by atoms with Crippen molar-refractivity contribution in [2.45, 2.75) is 32.0 Å². The average molecular weight is 200 g/mol. The Bertz CT molecular complexity index is 167. The standard InChI is InChI=1S/C7H11F3O3/c1-5(6(11)12)13-4-2-3-7(8,9)10/h5H,2-4H2,1H3,(H,11,12)/t5-/m0/s1. The third-order valence-electron chi connectivity index (χ3n) is 1.32. The zero-order valence-electron chi connectivity index (χ0n) is 7.10. The van der Waals surface area contributed by atoms with Crippen LogP contribution in [0.2, 0.25) is 0 Å². The first kappa shape index (κ1) is 12.2. The summed E-state index contributed by atoms with van der Waals surface area (Å²) in [6, 6.07) is 0. The second-order valence-electron chi connectivity index (χ2n) is 2.57. The molecular weight excluding hydrogens is 189 g/mol. The van der Waals surface area contributed by atoms with Gasteiger partial charge >= 0.3 is 12.1 Å². The lowest BCUT2D eigenvalue weighted by molar-refractivity contribution is -0.151. The highest BCUT2D eigenvalue weighted by Gasteiger charge is 2.26. The fourth-order valence-electron chi connectivity index (χ4n) is 0.604. The van der Waals surface area contributed by atoms with Crippen LogP contribution in [0.3, 0.4) is 0 Å². The zero-order valence-corrected chi connectivity index (χ0v) is 7.10. The molecule has 0 aliphatic carbocycles. The maximum absolute atomic E-state index is 11.6. The molecule has 0 aromatic carbocycles. The lowest BCUT2D eigenvalue weighted by atomic mass is 10.3. The zero-order chi connectivity index (χ0) is 10.5. The van der Waals surface area contributed by atoms with Gasteiger partial charge in [0.15, 0.2) is 6.10 Å². The molecule has 0 bridgehead atoms. The summed E-state index contributed by atoms with van der Waals surface area (Å²) in [6.07, 6.45) is -6.40. The Labute approximate surface area is 73.5 Å². The van der Waals surface area contributed by atoms with Crippen LogP contribution < -0.4 is 0 Å². The lowest BCUT2D eigenvalue weighted by Crippen LogP contribution is -2.21. The molecule has 0 spiro atoms. The van der Waals surface area contributed by atoms with E-state index in [9.17, 15) is 18.0 Å². The minimum Gasteiger partial charge on any atom is -0.479 e. The number of aliphatic carboxylic acids is 1. The van der Waals surface area contributed by atoms with Crippen molar-refractivity contribution in [1.29, 1.82) is 0 Å². The molecule has 0 rings (SSSR count). The number of hydrogen-bond donors (Lipinski definition) is 1. The Morgan fingerprint density at radius 1 is 1.54 bits per heavy atom. The molecular formula is C7H11F3O3. The molecule has 1 atom stereocenters. The molecule has 0 saturated heterocycles. The summed E-state index contributed by atoms with van der Waals surface area (Å²) in [7, 11) is 0. The van der Waals surface area contributed by atoms with Crippen LogP contribution >= 0.6 is 0 Å². The first-order chi connectivity index (χ1) is 5.83. The van der Waals surface area contributed by atoms with E-state index in [0.717, 1.165) is 0 Å². The second-order valence-corrected chi connectivity index (χ2v) is 2.57. The number of carboxylic acid groups (broad SMARTS) is 1. The highest BCUT2D eigenvalue weighted by atomic mass is 19.4. The van der Waals surface area contributed by atoms with Crippen molar-refractivity contribution < 1.29 is 27.8 Å². The Morgan fingerprint density at radius 2 is 2.08 bits per heavy atom. The normalized spacial score (nSPS) is 14.2. The monoisotopic (exact) mass is 200 g/mol. The lowest BCUT2D eigenvalue weighted by Gasteiger charge is -2.09. The van der Waals surface area contributed by atoms with Gasteiger partial charge in [0.05, 0.1) is 0 Å². The highest BCUT2D eigenvalue weighted by Crippen LogP contribution is 2.21. The van der Waals surface area contributed by atoms with Crippen LogP contribution in [-0.4, -0.2) is 30.0 Å². The van der Waals surface area contributed by atoms with E-state index < -0.39 is 24.7 Å². The van der Waals surface area contributed by atoms with Crippen molar-refractivity contribution in [2.75, 3.05) is 6.61 Å². The molecule has 0 aromatic rings. The fourth-order valence-corrected chi connectivity index (χ4v) is 0.604. The van der Waals surface area contributed by atoms with E-state index in [0.29, 0.717) is 0 Å². The van der Waals surface area contributed by atoms with Crippen molar-refractivity contribution in [3.05, 3.63) is 0 Å². The van der Waals surface area contributed by atoms with Crippen LogP contribution in [0.5, 0.6) is 0 Å². The SMILES string of the molecule is C[C@H](OCCCC(F)(F)F)C(=O)O. The van der Waals surface area contributed by atoms with Gasteiger partial charge in [-0.3, -0.25) is 0 Å². The van der Waals surface area contributed by atoms with Crippen molar-refractivity contribution in [2.24, 2.45) is 0 Å². The summed E-state index contributed by atoms with van der Waals surface area (Å²) in [4.78, 5) is 10.1. The predicted molar refractivity (Wildman–Crippen MR) is 38.3 cm³/mol. The Kier molecular flexibility index (Phi) is 4.76. The molecule has 13 heavy (non-hydrogen) atoms. The van der Waals surface area contributed by atoms with E-state index in [4.69, 9.17) is 5.11 Å². The van der Waals surface area contributed by atoms with Crippen LogP contribution in [0.15, 0.2) is 0 Å². The van der Waals surface area contributed by atoms with E-state index in [1.807, 2.05) is 0 Å². The van der Waals surface area contributed by atoms with Crippen molar-refractivity contribution in [3.63, 3.8) is 0 Å². The quantitative estimate of drug-likeness (QED) is 0.688. The third kappa shape index (κ3) is 7.58. The van der Waals surface area contributed by atoms with Gasteiger partial charge in [0.2, 0.25) is 0 Å². The van der Waals surface area contributed by atoms with Crippen molar-refractivity contribution in [1.82, 2.24) is 0 Å². The molecule has 0 aromatic heterocycles. The molecule has 0 radical (unpaired) electrons. The number of ether oxygens (including phenoxy) is 1. The number of alkyl halides is 3. The van der Waals surface area contributed by atoms with Crippen LogP contribution in [-0.2, 0) is 9.53 Å². The largest absolute Gasteiger partial charge is 0.479 e. The van der Waals surface area contributed by atoms with Gasteiger partial charge in [-0.1, -0.05) is 0 Å². The summed E-state index contributed by atoms with van der Waals surface area (Å²) < 4.78 is 39.3. The summed E-state index contributed by atoms with van der Waals surface area (Å²) in [6.45, 7) is 1.09. The van der Waals surface area contributed by atoms with Gasteiger partial charge in [-0.25, -0.2) is 4.79 Å². The number of hydrogen-bond acceptors (Lipinski definition) is 2. The van der Waals surface area contributed by atoms with E-state index in [2.05, 4.69) is 4.74 Å². The summed E-state index contributed by atoms with van der Waals surface area (Å²) >= 11 is 0. The van der Waals surface area contributed by atoms with Gasteiger partial charge in [0, 0.05) is 13.0 Å². The number of halogens is 3. The molecule has 0 fully saturated rings. The third-order valence-corrected chi connectivity index (χ3v) is 1.32. The first-order valence-corrected chi connectivity index (χ1v) is 3.74. The Hall–Kier alpha value is -0.780. The van der Waals surface area contributed by atoms with E-state index in [1.54, 1.807) is 0 Å². The molecule has 0 heterocycles. The van der Waals surface area contributed by atoms with Crippen LogP contribution in [0.25, 0.3) is 0 Å². The summed E-state index contributed by atoms with van der Waals surface area (Å²) in [5, 5.41) is 8.29. The molecule has 78 valence electrons. The summed E-state index contributed by atoms with van der Waals surface area (Å²) in [5.74, 6) is -1.17. The van der Waals surface area contributed by atoms with Crippen molar-refractivity contribution >= 4 is 5.97 Å². The Balaban J connectivity index is 3.41. The minimum absolute atomic E-state index is 0.188. The van der Waals surface area contributed by atoms with Gasteiger partial charge in [-0.2, -0.15) is 13.2 Å². The maximum Gasteiger partial charge on any atom is 0.389 e. The first-order valence-electron chi connectivity index (χ1n) is 3.74. The fraction of sp³-hybridized carbons (Fsp3) is 0.857. The van der Waals surface area contributed by atoms with Crippen LogP contribution in [0.1, 0.15) is 19.8 Å². The van der Waals surface area contributed by atoms with E-state index >= 15 is 0 Å². The predicted octanol–water partition coefficient (Wildman–Crippen LogP) is 1.82. The molecule has 6 heteroatoms. The van der Waals surface area contributed by atoms with Crippen molar-refractivity contribution in [3.8, 4) is 0 Å². The topological polar surface area (TPSA) is 46.5 Å². The number of carbonyl (C=O) groups is 1. The Morgan fingerprint density at radius 3 is 2.46 bits per heavy atom. The molecule has 1 N–H and O–H groups in total. The molecule has 0 aliphatic heterocycles. The van der Waals surface area contributed by atoms with E-state index in [-0.39, 0.29) is 13.0 Å². The van der Waals surface area contributed by atoms with Gasteiger partial charge in [0.1, 0.15) is 0 Å². The minimum atomic E-state index is -4.20.